The van der Waals surface area contributed by atoms with Gasteiger partial charge < -0.3 is 9.64 Å². The number of morpholine rings is 1. The summed E-state index contributed by atoms with van der Waals surface area (Å²) in [6.45, 7) is 3.27. The van der Waals surface area contributed by atoms with E-state index >= 15 is 0 Å². The van der Waals surface area contributed by atoms with Crippen molar-refractivity contribution in [1.29, 1.82) is 0 Å². The van der Waals surface area contributed by atoms with Gasteiger partial charge in [-0.25, -0.2) is 4.98 Å². The molecule has 1 saturated heterocycles. The zero-order valence-electron chi connectivity index (χ0n) is 12.1. The van der Waals surface area contributed by atoms with Crippen LogP contribution in [-0.4, -0.2) is 56.1 Å². The predicted molar refractivity (Wildman–Crippen MR) is 82.3 cm³/mol. The Labute approximate surface area is 131 Å². The largest absolute Gasteiger partial charge is 0.378 e. The lowest BCUT2D eigenvalue weighted by Gasteiger charge is -2.25. The van der Waals surface area contributed by atoms with Crippen LogP contribution in [0.5, 0.6) is 0 Å². The van der Waals surface area contributed by atoms with Gasteiger partial charge in [-0.15, -0.1) is 16.4 Å². The molecular weight excluding hydrogens is 302 g/mol. The molecule has 1 aliphatic heterocycles. The number of hydrogen-bond acceptors (Lipinski definition) is 7. The lowest BCUT2D eigenvalue weighted by atomic mass is 10.4. The summed E-state index contributed by atoms with van der Waals surface area (Å²) in [5.74, 6) is 0.741. The summed E-state index contributed by atoms with van der Waals surface area (Å²) in [7, 11) is 1.87. The van der Waals surface area contributed by atoms with Crippen molar-refractivity contribution in [2.24, 2.45) is 7.05 Å². The molecule has 0 amide bonds. The second kappa shape index (κ2) is 5.50. The molecule has 4 rings (SSSR count). The fourth-order valence-electron chi connectivity index (χ4n) is 2.30. The van der Waals surface area contributed by atoms with Crippen molar-refractivity contribution in [2.75, 3.05) is 31.2 Å². The van der Waals surface area contributed by atoms with Crippen LogP contribution in [0.1, 0.15) is 0 Å². The fraction of sp³-hybridized carbons (Fsp3) is 0.385. The summed E-state index contributed by atoms with van der Waals surface area (Å²) in [4.78, 5) is 6.90. The highest BCUT2D eigenvalue weighted by Gasteiger charge is 2.16. The molecule has 0 saturated carbocycles. The van der Waals surface area contributed by atoms with E-state index in [-0.39, 0.29) is 0 Å². The molecule has 3 aromatic rings. The zero-order valence-corrected chi connectivity index (χ0v) is 12.9. The Hall–Kier alpha value is -2.26. The van der Waals surface area contributed by atoms with Gasteiger partial charge in [0.1, 0.15) is 11.4 Å². The Morgan fingerprint density at radius 2 is 2.09 bits per heavy atom. The summed E-state index contributed by atoms with van der Waals surface area (Å²) < 4.78 is 8.76. The summed E-state index contributed by atoms with van der Waals surface area (Å²) in [6.07, 6.45) is 3.72. The molecule has 114 valence electrons. The Bertz CT molecular complexity index is 771. The van der Waals surface area contributed by atoms with Crippen LogP contribution in [0.3, 0.4) is 0 Å². The second-order valence-corrected chi connectivity index (χ2v) is 5.85. The average molecular weight is 317 g/mol. The smallest absolute Gasteiger partial charge is 0.186 e. The molecule has 0 unspecified atom stereocenters. The van der Waals surface area contributed by atoms with Gasteiger partial charge in [0, 0.05) is 37.8 Å². The first-order valence-corrected chi connectivity index (χ1v) is 7.88. The number of nitrogens with zero attached hydrogens (tertiary/aromatic N) is 7. The van der Waals surface area contributed by atoms with Crippen molar-refractivity contribution in [3.05, 3.63) is 23.8 Å². The molecule has 4 heterocycles. The van der Waals surface area contributed by atoms with Crippen molar-refractivity contribution in [2.45, 2.75) is 0 Å². The molecular formula is C13H15N7OS. The van der Waals surface area contributed by atoms with Crippen LogP contribution in [0.4, 0.5) is 5.13 Å². The van der Waals surface area contributed by atoms with Crippen LogP contribution in [0.2, 0.25) is 0 Å². The number of rotatable bonds is 3. The molecule has 0 N–H and O–H groups in total. The minimum Gasteiger partial charge on any atom is -0.378 e. The molecule has 0 aliphatic carbocycles. The summed E-state index contributed by atoms with van der Waals surface area (Å²) >= 11 is 1.62. The van der Waals surface area contributed by atoms with Gasteiger partial charge in [-0.1, -0.05) is 5.21 Å². The van der Waals surface area contributed by atoms with Gasteiger partial charge in [-0.2, -0.15) is 9.78 Å². The molecule has 0 atom stereocenters. The molecule has 1 fully saturated rings. The average Bonchev–Trinajstić information content (AvgIpc) is 3.27. The third-order valence-corrected chi connectivity index (χ3v) is 4.37. The van der Waals surface area contributed by atoms with Crippen molar-refractivity contribution in [3.63, 3.8) is 0 Å². The highest BCUT2D eigenvalue weighted by Crippen LogP contribution is 2.26. The number of thiazole rings is 1. The van der Waals surface area contributed by atoms with E-state index < -0.39 is 0 Å². The molecule has 22 heavy (non-hydrogen) atoms. The van der Waals surface area contributed by atoms with Gasteiger partial charge in [-0.05, 0) is 0 Å². The zero-order chi connectivity index (χ0) is 14.9. The number of ether oxygens (including phenoxy) is 1. The van der Waals surface area contributed by atoms with Crippen LogP contribution < -0.4 is 4.90 Å². The molecule has 8 nitrogen and oxygen atoms in total. The van der Waals surface area contributed by atoms with Gasteiger partial charge >= 0.3 is 0 Å². The molecule has 0 radical (unpaired) electrons. The van der Waals surface area contributed by atoms with Gasteiger partial charge in [-0.3, -0.25) is 4.68 Å². The molecule has 3 aromatic heterocycles. The van der Waals surface area contributed by atoms with Crippen LogP contribution >= 0.6 is 11.3 Å². The molecule has 0 aromatic carbocycles. The summed E-state index contributed by atoms with van der Waals surface area (Å²) in [6, 6.07) is 1.89. The maximum absolute atomic E-state index is 5.37. The minimum atomic E-state index is 0.741. The predicted octanol–water partition coefficient (Wildman–Crippen LogP) is 0.961. The fourth-order valence-corrected chi connectivity index (χ4v) is 3.17. The summed E-state index contributed by atoms with van der Waals surface area (Å²) in [5, 5.41) is 15.6. The SMILES string of the molecule is Cn1ccc(-n2cc(-c3csc(N4CCOCC4)n3)nn2)n1. The first-order chi connectivity index (χ1) is 10.8. The topological polar surface area (TPSA) is 73.9 Å². The van der Waals surface area contributed by atoms with Crippen LogP contribution in [-0.2, 0) is 11.8 Å². The Kier molecular flexibility index (Phi) is 3.35. The summed E-state index contributed by atoms with van der Waals surface area (Å²) in [5.41, 5.74) is 1.59. The monoisotopic (exact) mass is 317 g/mol. The Balaban J connectivity index is 1.57. The van der Waals surface area contributed by atoms with Crippen molar-refractivity contribution in [3.8, 4) is 17.2 Å². The maximum atomic E-state index is 5.37. The number of aromatic nitrogens is 6. The third kappa shape index (κ3) is 2.48. The van der Waals surface area contributed by atoms with Crippen LogP contribution in [0.25, 0.3) is 17.2 Å². The van der Waals surface area contributed by atoms with E-state index in [2.05, 4.69) is 25.3 Å². The van der Waals surface area contributed by atoms with Crippen LogP contribution in [0, 0.1) is 0 Å². The molecule has 1 aliphatic rings. The van der Waals surface area contributed by atoms with E-state index in [0.29, 0.717) is 0 Å². The van der Waals surface area contributed by atoms with E-state index in [0.717, 1.165) is 48.6 Å². The number of aryl methyl sites for hydroxylation is 1. The van der Waals surface area contributed by atoms with Crippen LogP contribution in [0.15, 0.2) is 23.8 Å². The standard InChI is InChI=1S/C13H15N7OS/c1-18-3-2-12(16-18)20-8-10(15-17-20)11-9-22-13(14-11)19-4-6-21-7-5-19/h2-3,8-9H,4-7H2,1H3. The second-order valence-electron chi connectivity index (χ2n) is 5.01. The van der Waals surface area contributed by atoms with E-state index in [1.807, 2.05) is 30.9 Å². The van der Waals surface area contributed by atoms with E-state index in [1.54, 1.807) is 20.7 Å². The lowest BCUT2D eigenvalue weighted by Crippen LogP contribution is -2.36. The molecule has 0 spiro atoms. The number of hydrogen-bond donors (Lipinski definition) is 0. The highest BCUT2D eigenvalue weighted by atomic mass is 32.1. The Morgan fingerprint density at radius 1 is 1.23 bits per heavy atom. The van der Waals surface area contributed by atoms with Crippen molar-refractivity contribution < 1.29 is 4.74 Å². The normalized spacial score (nSPS) is 15.4. The van der Waals surface area contributed by atoms with Gasteiger partial charge in [0.15, 0.2) is 10.9 Å². The van der Waals surface area contributed by atoms with Gasteiger partial charge in [0.25, 0.3) is 0 Å². The van der Waals surface area contributed by atoms with Crippen molar-refractivity contribution >= 4 is 16.5 Å². The third-order valence-electron chi connectivity index (χ3n) is 3.46. The minimum absolute atomic E-state index is 0.741. The Morgan fingerprint density at radius 3 is 2.86 bits per heavy atom. The first-order valence-electron chi connectivity index (χ1n) is 7.00. The quantitative estimate of drug-likeness (QED) is 0.716. The molecule has 9 heteroatoms. The lowest BCUT2D eigenvalue weighted by molar-refractivity contribution is 0.122. The maximum Gasteiger partial charge on any atom is 0.186 e. The highest BCUT2D eigenvalue weighted by molar-refractivity contribution is 7.14. The van der Waals surface area contributed by atoms with Gasteiger partial charge in [0.05, 0.1) is 19.4 Å². The van der Waals surface area contributed by atoms with E-state index in [1.165, 1.54) is 0 Å². The number of anilines is 1. The van der Waals surface area contributed by atoms with E-state index in [9.17, 15) is 0 Å². The van der Waals surface area contributed by atoms with Crippen molar-refractivity contribution in [1.82, 2.24) is 29.8 Å². The van der Waals surface area contributed by atoms with E-state index in [4.69, 9.17) is 4.74 Å². The first kappa shape index (κ1) is 13.4. The molecule has 0 bridgehead atoms. The van der Waals surface area contributed by atoms with Gasteiger partial charge in [0.2, 0.25) is 0 Å².